The van der Waals surface area contributed by atoms with E-state index in [0.29, 0.717) is 29.8 Å². The molecule has 0 fully saturated rings. The molecule has 0 bridgehead atoms. The van der Waals surface area contributed by atoms with Crippen molar-refractivity contribution in [2.45, 2.75) is 37.6 Å². The van der Waals surface area contributed by atoms with Crippen molar-refractivity contribution in [3.63, 3.8) is 0 Å². The molecule has 9 heteroatoms. The Morgan fingerprint density at radius 3 is 2.81 bits per heavy atom. The van der Waals surface area contributed by atoms with Gasteiger partial charge in [0.1, 0.15) is 11.4 Å². The van der Waals surface area contributed by atoms with Crippen LogP contribution in [0.3, 0.4) is 0 Å². The van der Waals surface area contributed by atoms with E-state index in [1.165, 1.54) is 11.3 Å². The molecule has 2 N–H and O–H groups in total. The Morgan fingerprint density at radius 2 is 2.19 bits per heavy atom. The number of amidine groups is 1. The maximum atomic E-state index is 13.2. The van der Waals surface area contributed by atoms with E-state index in [4.69, 9.17) is 27.1 Å². The number of rotatable bonds is 5. The molecule has 3 rings (SSSR count). The standard InChI is InChI=1S/C18H25ClN4O2S2/c1-17(2)16(20)22-18(3,11-27(17,5)24)15-13(19)8-14(26-15)12-9-21-23(10-12)6-7-25-4/h8-10H,5-7,11H2,1-4H3,(H2,20,22)/t18-,27?/m0/s1. The first-order valence-electron chi connectivity index (χ1n) is 8.52. The monoisotopic (exact) mass is 428 g/mol. The van der Waals surface area contributed by atoms with Gasteiger partial charge in [-0.25, -0.2) is 0 Å². The van der Waals surface area contributed by atoms with Crippen molar-refractivity contribution in [1.82, 2.24) is 9.78 Å². The van der Waals surface area contributed by atoms with Gasteiger partial charge in [0.25, 0.3) is 0 Å². The Hall–Kier alpha value is -1.35. The zero-order chi connectivity index (χ0) is 20.0. The maximum Gasteiger partial charge on any atom is 0.113 e. The van der Waals surface area contributed by atoms with E-state index in [9.17, 15) is 4.21 Å². The summed E-state index contributed by atoms with van der Waals surface area (Å²) >= 11 is 8.09. The molecule has 3 heterocycles. The van der Waals surface area contributed by atoms with Gasteiger partial charge in [-0.2, -0.15) is 5.10 Å². The number of nitrogens with zero attached hydrogens (tertiary/aromatic N) is 3. The maximum absolute atomic E-state index is 13.2. The van der Waals surface area contributed by atoms with Crippen LogP contribution in [-0.4, -0.2) is 49.9 Å². The van der Waals surface area contributed by atoms with Gasteiger partial charge >= 0.3 is 0 Å². The Morgan fingerprint density at radius 1 is 1.48 bits per heavy atom. The van der Waals surface area contributed by atoms with Gasteiger partial charge in [-0.05, 0) is 42.2 Å². The average molecular weight is 429 g/mol. The lowest BCUT2D eigenvalue weighted by atomic mass is 10.0. The van der Waals surface area contributed by atoms with E-state index in [1.54, 1.807) is 13.3 Å². The molecule has 1 aliphatic heterocycles. The fourth-order valence-electron chi connectivity index (χ4n) is 3.05. The molecule has 0 spiro atoms. The Kier molecular flexibility index (Phi) is 5.22. The minimum absolute atomic E-state index is 0.306. The van der Waals surface area contributed by atoms with E-state index in [1.807, 2.05) is 37.7 Å². The second-order valence-electron chi connectivity index (χ2n) is 7.51. The van der Waals surface area contributed by atoms with Crippen LogP contribution >= 0.6 is 22.9 Å². The second kappa shape index (κ2) is 6.92. The van der Waals surface area contributed by atoms with Crippen LogP contribution in [0.25, 0.3) is 10.4 Å². The number of aliphatic imine (C=N–C) groups is 1. The molecular weight excluding hydrogens is 404 g/mol. The van der Waals surface area contributed by atoms with Gasteiger partial charge < -0.3 is 10.5 Å². The average Bonchev–Trinajstić information content (AvgIpc) is 3.17. The van der Waals surface area contributed by atoms with Gasteiger partial charge in [-0.3, -0.25) is 13.9 Å². The summed E-state index contributed by atoms with van der Waals surface area (Å²) in [4.78, 5) is 6.54. The van der Waals surface area contributed by atoms with Crippen LogP contribution in [0.15, 0.2) is 23.5 Å². The molecule has 27 heavy (non-hydrogen) atoms. The summed E-state index contributed by atoms with van der Waals surface area (Å²) in [6, 6.07) is 1.90. The lowest BCUT2D eigenvalue weighted by Gasteiger charge is -2.40. The first-order chi connectivity index (χ1) is 12.5. The third-order valence-electron chi connectivity index (χ3n) is 5.05. The fourth-order valence-corrected chi connectivity index (χ4v) is 6.65. The molecule has 2 aromatic rings. The molecular formula is C18H25ClN4O2S2. The van der Waals surface area contributed by atoms with Crippen molar-refractivity contribution in [1.29, 1.82) is 0 Å². The van der Waals surface area contributed by atoms with Crippen LogP contribution in [0.2, 0.25) is 5.02 Å². The summed E-state index contributed by atoms with van der Waals surface area (Å²) in [6.45, 7) is 6.85. The number of ether oxygens (including phenoxy) is 1. The predicted octanol–water partition coefficient (Wildman–Crippen LogP) is 2.99. The van der Waals surface area contributed by atoms with E-state index >= 15 is 0 Å². The highest BCUT2D eigenvalue weighted by atomic mass is 35.5. The summed E-state index contributed by atoms with van der Waals surface area (Å²) in [7, 11) is -0.821. The van der Waals surface area contributed by atoms with Crippen molar-refractivity contribution in [2.24, 2.45) is 10.7 Å². The van der Waals surface area contributed by atoms with Crippen LogP contribution in [0.4, 0.5) is 0 Å². The molecule has 148 valence electrons. The van der Waals surface area contributed by atoms with Crippen LogP contribution in [-0.2, 0) is 26.3 Å². The lowest BCUT2D eigenvalue weighted by molar-refractivity contribution is 0.183. The molecule has 0 amide bonds. The SMILES string of the molecule is C=S1(=O)C[C@@](C)(c2sc(-c3cnn(CCOC)c3)cc2Cl)N=C(N)C1(C)C. The summed E-state index contributed by atoms with van der Waals surface area (Å²) < 4.78 is 19.4. The minimum atomic E-state index is -2.48. The Balaban J connectivity index is 2.00. The molecule has 0 aromatic carbocycles. The Bertz CT molecular complexity index is 991. The molecule has 0 aliphatic carbocycles. The van der Waals surface area contributed by atoms with Crippen molar-refractivity contribution < 1.29 is 8.95 Å². The second-order valence-corrected chi connectivity index (χ2v) is 11.9. The summed E-state index contributed by atoms with van der Waals surface area (Å²) in [6.07, 6.45) is 3.76. The van der Waals surface area contributed by atoms with Gasteiger partial charge in [0, 0.05) is 29.5 Å². The van der Waals surface area contributed by atoms with Gasteiger partial charge in [-0.15, -0.1) is 11.3 Å². The normalized spacial score (nSPS) is 27.5. The van der Waals surface area contributed by atoms with Gasteiger partial charge in [0.05, 0.1) is 34.0 Å². The third-order valence-corrected chi connectivity index (χ3v) is 9.99. The predicted molar refractivity (Wildman–Crippen MR) is 116 cm³/mol. The number of nitrogens with two attached hydrogens (primary N) is 1. The lowest BCUT2D eigenvalue weighted by Crippen LogP contribution is -2.54. The molecule has 1 aliphatic rings. The van der Waals surface area contributed by atoms with E-state index < -0.39 is 19.8 Å². The fraction of sp³-hybridized carbons (Fsp3) is 0.500. The molecule has 0 saturated carbocycles. The highest BCUT2D eigenvalue weighted by Gasteiger charge is 2.46. The smallest absolute Gasteiger partial charge is 0.113 e. The van der Waals surface area contributed by atoms with Crippen molar-refractivity contribution in [3.05, 3.63) is 28.4 Å². The first kappa shape index (κ1) is 20.4. The zero-order valence-electron chi connectivity index (χ0n) is 16.0. The summed E-state index contributed by atoms with van der Waals surface area (Å²) in [5.41, 5.74) is 6.40. The van der Waals surface area contributed by atoms with E-state index in [0.717, 1.165) is 15.3 Å². The number of methoxy groups -OCH3 is 1. The summed E-state index contributed by atoms with van der Waals surface area (Å²) in [5, 5.41) is 4.94. The van der Waals surface area contributed by atoms with Crippen LogP contribution < -0.4 is 5.73 Å². The quantitative estimate of drug-likeness (QED) is 0.742. The highest BCUT2D eigenvalue weighted by molar-refractivity contribution is 8.02. The summed E-state index contributed by atoms with van der Waals surface area (Å²) in [5.74, 6) is 4.65. The third kappa shape index (κ3) is 3.55. The molecule has 6 nitrogen and oxygen atoms in total. The van der Waals surface area contributed by atoms with Crippen LogP contribution in [0.1, 0.15) is 25.6 Å². The van der Waals surface area contributed by atoms with Crippen molar-refractivity contribution in [2.75, 3.05) is 19.5 Å². The van der Waals surface area contributed by atoms with Gasteiger partial charge in [-0.1, -0.05) is 11.6 Å². The minimum Gasteiger partial charge on any atom is -0.386 e. The first-order valence-corrected chi connectivity index (χ1v) is 11.6. The largest absolute Gasteiger partial charge is 0.386 e. The van der Waals surface area contributed by atoms with Crippen molar-refractivity contribution in [3.8, 4) is 10.4 Å². The van der Waals surface area contributed by atoms with Crippen molar-refractivity contribution >= 4 is 44.2 Å². The van der Waals surface area contributed by atoms with Gasteiger partial charge in [0.15, 0.2) is 0 Å². The molecule has 1 unspecified atom stereocenters. The van der Waals surface area contributed by atoms with E-state index in [2.05, 4.69) is 11.0 Å². The number of hydrogen-bond donors (Lipinski definition) is 1. The van der Waals surface area contributed by atoms with E-state index in [-0.39, 0.29) is 0 Å². The number of hydrogen-bond acceptors (Lipinski definition) is 6. The topological polar surface area (TPSA) is 82.5 Å². The zero-order valence-corrected chi connectivity index (χ0v) is 18.4. The number of halogens is 1. The molecule has 0 radical (unpaired) electrons. The molecule has 2 atom stereocenters. The number of thiophene rings is 1. The van der Waals surface area contributed by atoms with Crippen LogP contribution in [0.5, 0.6) is 0 Å². The number of aromatic nitrogens is 2. The highest BCUT2D eigenvalue weighted by Crippen LogP contribution is 2.45. The van der Waals surface area contributed by atoms with Crippen LogP contribution in [0, 0.1) is 0 Å². The Labute approximate surface area is 169 Å². The molecule has 0 saturated heterocycles. The van der Waals surface area contributed by atoms with Gasteiger partial charge in [0.2, 0.25) is 0 Å². The molecule has 2 aromatic heterocycles.